The fraction of sp³-hybridized carbons (Fsp3) is 0.385. The molecule has 1 saturated heterocycles. The normalized spacial score (nSPS) is 23.4. The molecule has 1 fully saturated rings. The van der Waals surface area contributed by atoms with Gasteiger partial charge in [-0.2, -0.15) is 4.98 Å². The minimum absolute atomic E-state index is 0.0166. The van der Waals surface area contributed by atoms with Gasteiger partial charge in [-0.3, -0.25) is 0 Å². The molecule has 2 heterocycles. The number of nitrogens with zero attached hydrogens (tertiary/aromatic N) is 2. The number of aromatic nitrogens is 2. The summed E-state index contributed by atoms with van der Waals surface area (Å²) in [7, 11) is 0. The molecular formula is C13H15N3O2. The molecule has 2 N–H and O–H groups in total. The molecule has 2 atom stereocenters. The average Bonchev–Trinajstić information content (AvgIpc) is 2.99. The van der Waals surface area contributed by atoms with E-state index in [2.05, 4.69) is 15.5 Å². The molecule has 0 radical (unpaired) electrons. The van der Waals surface area contributed by atoms with Gasteiger partial charge in [0.05, 0.1) is 12.1 Å². The van der Waals surface area contributed by atoms with Crippen molar-refractivity contribution < 1.29 is 9.63 Å². The van der Waals surface area contributed by atoms with Crippen LogP contribution in [0, 0.1) is 0 Å². The number of aliphatic hydroxyl groups is 1. The predicted octanol–water partition coefficient (Wildman–Crippen LogP) is 1.06. The smallest absolute Gasteiger partial charge is 0.243 e. The van der Waals surface area contributed by atoms with E-state index in [9.17, 15) is 5.11 Å². The number of aliphatic hydroxyl groups excluding tert-OH is 1. The van der Waals surface area contributed by atoms with Gasteiger partial charge in [-0.25, -0.2) is 0 Å². The lowest BCUT2D eigenvalue weighted by Crippen LogP contribution is -2.15. The van der Waals surface area contributed by atoms with E-state index in [0.717, 1.165) is 5.56 Å². The van der Waals surface area contributed by atoms with Gasteiger partial charge in [0.2, 0.25) is 5.89 Å². The summed E-state index contributed by atoms with van der Waals surface area (Å²) in [4.78, 5) is 4.37. The molecule has 1 aromatic heterocycles. The zero-order valence-electron chi connectivity index (χ0n) is 9.91. The van der Waals surface area contributed by atoms with Gasteiger partial charge < -0.3 is 14.9 Å². The lowest BCUT2D eigenvalue weighted by atomic mass is 10.1. The van der Waals surface area contributed by atoms with Crippen molar-refractivity contribution in [1.29, 1.82) is 0 Å². The molecule has 0 amide bonds. The highest BCUT2D eigenvalue weighted by atomic mass is 16.5. The lowest BCUT2D eigenvalue weighted by molar-refractivity contribution is 0.191. The summed E-state index contributed by atoms with van der Waals surface area (Å²) in [6, 6.07) is 10.0. The maximum atomic E-state index is 9.45. The molecule has 0 spiro atoms. The monoisotopic (exact) mass is 245 g/mol. The summed E-state index contributed by atoms with van der Waals surface area (Å²) < 4.78 is 5.23. The van der Waals surface area contributed by atoms with E-state index in [1.807, 2.05) is 30.3 Å². The Labute approximate surface area is 105 Å². The zero-order valence-corrected chi connectivity index (χ0v) is 9.91. The van der Waals surface area contributed by atoms with Crippen LogP contribution in [-0.4, -0.2) is 27.9 Å². The molecule has 1 aliphatic rings. The Kier molecular flexibility index (Phi) is 3.08. The van der Waals surface area contributed by atoms with E-state index in [-0.39, 0.29) is 12.1 Å². The summed E-state index contributed by atoms with van der Waals surface area (Å²) in [6.07, 6.45) is 0.978. The summed E-state index contributed by atoms with van der Waals surface area (Å²) in [5.41, 5.74) is 1.16. The van der Waals surface area contributed by atoms with Gasteiger partial charge in [0.1, 0.15) is 0 Å². The van der Waals surface area contributed by atoms with E-state index >= 15 is 0 Å². The summed E-state index contributed by atoms with van der Waals surface area (Å²) in [6.45, 7) is 0.584. The van der Waals surface area contributed by atoms with Crippen LogP contribution >= 0.6 is 0 Å². The van der Waals surface area contributed by atoms with Crippen molar-refractivity contribution in [2.24, 2.45) is 0 Å². The van der Waals surface area contributed by atoms with Gasteiger partial charge in [-0.1, -0.05) is 35.5 Å². The predicted molar refractivity (Wildman–Crippen MR) is 64.9 cm³/mol. The number of hydrogen-bond acceptors (Lipinski definition) is 5. The van der Waals surface area contributed by atoms with Crippen LogP contribution in [-0.2, 0) is 6.42 Å². The van der Waals surface area contributed by atoms with E-state index < -0.39 is 0 Å². The summed E-state index contributed by atoms with van der Waals surface area (Å²) in [5, 5.41) is 16.6. The van der Waals surface area contributed by atoms with Crippen LogP contribution in [0.1, 0.15) is 29.7 Å². The number of hydrogen-bond donors (Lipinski definition) is 2. The molecule has 0 bridgehead atoms. The third-order valence-electron chi connectivity index (χ3n) is 3.09. The largest absolute Gasteiger partial charge is 0.392 e. The van der Waals surface area contributed by atoms with Crippen molar-refractivity contribution in [3.63, 3.8) is 0 Å². The van der Waals surface area contributed by atoms with Gasteiger partial charge in [0.15, 0.2) is 5.82 Å². The highest BCUT2D eigenvalue weighted by Crippen LogP contribution is 2.22. The molecule has 5 nitrogen and oxygen atoms in total. The van der Waals surface area contributed by atoms with Crippen LogP contribution in [0.2, 0.25) is 0 Å². The standard InChI is InChI=1S/C13H15N3O2/c17-10-7-11(14-8-10)13-15-12(16-18-13)6-9-4-2-1-3-5-9/h1-5,10-11,14,17H,6-8H2/t10-,11-/m1/s1. The van der Waals surface area contributed by atoms with Crippen LogP contribution < -0.4 is 5.32 Å². The Morgan fingerprint density at radius 3 is 2.89 bits per heavy atom. The Morgan fingerprint density at radius 2 is 2.17 bits per heavy atom. The number of nitrogens with one attached hydrogen (secondary N) is 1. The Hall–Kier alpha value is -1.72. The second kappa shape index (κ2) is 4.88. The van der Waals surface area contributed by atoms with E-state index in [1.54, 1.807) is 0 Å². The van der Waals surface area contributed by atoms with Crippen molar-refractivity contribution >= 4 is 0 Å². The van der Waals surface area contributed by atoms with E-state index in [4.69, 9.17) is 4.52 Å². The van der Waals surface area contributed by atoms with E-state index in [0.29, 0.717) is 31.1 Å². The first-order chi connectivity index (χ1) is 8.81. The first-order valence-electron chi connectivity index (χ1n) is 6.09. The van der Waals surface area contributed by atoms with Gasteiger partial charge in [-0.15, -0.1) is 0 Å². The second-order valence-electron chi connectivity index (χ2n) is 4.56. The first kappa shape index (κ1) is 11.4. The topological polar surface area (TPSA) is 71.2 Å². The SMILES string of the molecule is O[C@H]1CN[C@@H](c2nc(Cc3ccccc3)no2)C1. The first-order valence-corrected chi connectivity index (χ1v) is 6.09. The van der Waals surface area contributed by atoms with Crippen LogP contribution in [0.4, 0.5) is 0 Å². The number of benzene rings is 1. The quantitative estimate of drug-likeness (QED) is 0.846. The maximum absolute atomic E-state index is 9.45. The lowest BCUT2D eigenvalue weighted by Gasteiger charge is -2.01. The molecule has 2 aromatic rings. The molecule has 18 heavy (non-hydrogen) atoms. The zero-order chi connectivity index (χ0) is 12.4. The van der Waals surface area contributed by atoms with Crippen LogP contribution in [0.5, 0.6) is 0 Å². The Morgan fingerprint density at radius 1 is 1.33 bits per heavy atom. The molecule has 0 unspecified atom stereocenters. The fourth-order valence-corrected chi connectivity index (χ4v) is 2.16. The molecule has 3 rings (SSSR count). The van der Waals surface area contributed by atoms with Crippen molar-refractivity contribution in [3.05, 3.63) is 47.6 Å². The minimum Gasteiger partial charge on any atom is -0.392 e. The van der Waals surface area contributed by atoms with Crippen molar-refractivity contribution in [1.82, 2.24) is 15.5 Å². The Bertz CT molecular complexity index is 512. The van der Waals surface area contributed by atoms with Gasteiger partial charge >= 0.3 is 0 Å². The third kappa shape index (κ3) is 2.42. The molecule has 1 aliphatic heterocycles. The van der Waals surface area contributed by atoms with Crippen molar-refractivity contribution in [2.45, 2.75) is 25.0 Å². The fourth-order valence-electron chi connectivity index (χ4n) is 2.16. The molecule has 1 aromatic carbocycles. The minimum atomic E-state index is -0.320. The van der Waals surface area contributed by atoms with Gasteiger partial charge in [0, 0.05) is 13.0 Å². The number of rotatable bonds is 3. The van der Waals surface area contributed by atoms with Crippen LogP contribution in [0.15, 0.2) is 34.9 Å². The highest BCUT2D eigenvalue weighted by molar-refractivity contribution is 5.18. The van der Waals surface area contributed by atoms with Gasteiger partial charge in [-0.05, 0) is 12.0 Å². The summed E-state index contributed by atoms with van der Waals surface area (Å²) >= 11 is 0. The van der Waals surface area contributed by atoms with Crippen LogP contribution in [0.3, 0.4) is 0 Å². The maximum Gasteiger partial charge on any atom is 0.243 e. The molecule has 0 aliphatic carbocycles. The molecule has 0 saturated carbocycles. The second-order valence-corrected chi connectivity index (χ2v) is 4.56. The molecular weight excluding hydrogens is 230 g/mol. The molecule has 5 heteroatoms. The van der Waals surface area contributed by atoms with Gasteiger partial charge in [0.25, 0.3) is 0 Å². The van der Waals surface area contributed by atoms with Crippen molar-refractivity contribution in [2.75, 3.05) is 6.54 Å². The Balaban J connectivity index is 1.70. The highest BCUT2D eigenvalue weighted by Gasteiger charge is 2.27. The summed E-state index contributed by atoms with van der Waals surface area (Å²) in [5.74, 6) is 1.25. The van der Waals surface area contributed by atoms with E-state index in [1.165, 1.54) is 0 Å². The van der Waals surface area contributed by atoms with Crippen molar-refractivity contribution in [3.8, 4) is 0 Å². The molecule has 94 valence electrons. The number of β-amino-alcohol motifs (C(OH)–C–C–N with tert-alkyl or cyclic N) is 1. The van der Waals surface area contributed by atoms with Crippen LogP contribution in [0.25, 0.3) is 0 Å². The average molecular weight is 245 g/mol. The third-order valence-corrected chi connectivity index (χ3v) is 3.09.